The Morgan fingerprint density at radius 2 is 2.20 bits per heavy atom. The molecule has 1 heterocycles. The van der Waals surface area contributed by atoms with E-state index in [-0.39, 0.29) is 11.2 Å². The Morgan fingerprint density at radius 1 is 1.40 bits per heavy atom. The number of nitrogens with one attached hydrogen (secondary N) is 1. The second kappa shape index (κ2) is 7.04. The van der Waals surface area contributed by atoms with Crippen LogP contribution in [-0.2, 0) is 4.74 Å². The Balaban J connectivity index is 2.08. The Hall–Kier alpha value is -1.13. The minimum Gasteiger partial charge on any atom is -0.381 e. The normalized spacial score (nSPS) is 22.8. The van der Waals surface area contributed by atoms with Crippen molar-refractivity contribution < 1.29 is 9.13 Å². The predicted octanol–water partition coefficient (Wildman–Crippen LogP) is 2.67. The number of para-hydroxylation sites is 1. The minimum atomic E-state index is -0.162. The third-order valence-corrected chi connectivity index (χ3v) is 3.99. The lowest BCUT2D eigenvalue weighted by Crippen LogP contribution is -2.48. The molecule has 4 heteroatoms. The number of anilines is 1. The number of benzene rings is 1. The SMILES string of the molecule is CCNCC1(CN(C)c2ccccc2F)CCCOC1. The monoisotopic (exact) mass is 280 g/mol. The molecule has 1 atom stereocenters. The molecule has 1 aromatic rings. The summed E-state index contributed by atoms with van der Waals surface area (Å²) in [5, 5.41) is 3.43. The molecule has 2 rings (SSSR count). The van der Waals surface area contributed by atoms with Crippen LogP contribution in [0.25, 0.3) is 0 Å². The molecule has 112 valence electrons. The molecule has 0 radical (unpaired) electrons. The Labute approximate surface area is 121 Å². The number of hydrogen-bond acceptors (Lipinski definition) is 3. The lowest BCUT2D eigenvalue weighted by molar-refractivity contribution is -0.00253. The molecule has 0 aliphatic carbocycles. The molecule has 20 heavy (non-hydrogen) atoms. The predicted molar refractivity (Wildman–Crippen MR) is 80.7 cm³/mol. The van der Waals surface area contributed by atoms with Gasteiger partial charge in [0.15, 0.2) is 0 Å². The van der Waals surface area contributed by atoms with Gasteiger partial charge in [-0.15, -0.1) is 0 Å². The summed E-state index contributed by atoms with van der Waals surface area (Å²) >= 11 is 0. The first-order valence-corrected chi connectivity index (χ1v) is 7.41. The molecular formula is C16H25FN2O. The summed E-state index contributed by atoms with van der Waals surface area (Å²) in [5.74, 6) is -0.162. The largest absolute Gasteiger partial charge is 0.381 e. The van der Waals surface area contributed by atoms with Crippen LogP contribution in [0.15, 0.2) is 24.3 Å². The fourth-order valence-corrected chi connectivity index (χ4v) is 2.97. The van der Waals surface area contributed by atoms with Gasteiger partial charge in [0, 0.05) is 32.2 Å². The zero-order valence-electron chi connectivity index (χ0n) is 12.5. The standard InChI is InChI=1S/C16H25FN2O/c1-3-18-11-16(9-6-10-20-13-16)12-19(2)15-8-5-4-7-14(15)17/h4-5,7-8,18H,3,6,9-13H2,1-2H3. The minimum absolute atomic E-state index is 0.0747. The van der Waals surface area contributed by atoms with E-state index in [1.54, 1.807) is 6.07 Å². The average Bonchev–Trinajstić information content (AvgIpc) is 2.46. The first-order chi connectivity index (χ1) is 9.67. The summed E-state index contributed by atoms with van der Waals surface area (Å²) in [6, 6.07) is 6.95. The molecule has 0 aromatic heterocycles. The molecule has 3 nitrogen and oxygen atoms in total. The van der Waals surface area contributed by atoms with Gasteiger partial charge in [-0.3, -0.25) is 0 Å². The molecule has 1 saturated heterocycles. The number of ether oxygens (including phenoxy) is 1. The summed E-state index contributed by atoms with van der Waals surface area (Å²) in [5.41, 5.74) is 0.736. The van der Waals surface area contributed by atoms with Gasteiger partial charge in [-0.2, -0.15) is 0 Å². The van der Waals surface area contributed by atoms with E-state index < -0.39 is 0 Å². The Kier molecular flexibility index (Phi) is 5.38. The van der Waals surface area contributed by atoms with E-state index >= 15 is 0 Å². The van der Waals surface area contributed by atoms with E-state index in [4.69, 9.17) is 4.74 Å². The highest BCUT2D eigenvalue weighted by atomic mass is 19.1. The van der Waals surface area contributed by atoms with Gasteiger partial charge >= 0.3 is 0 Å². The van der Waals surface area contributed by atoms with Crippen LogP contribution in [0.4, 0.5) is 10.1 Å². The zero-order chi connectivity index (χ0) is 14.4. The summed E-state index contributed by atoms with van der Waals surface area (Å²) in [6.45, 7) is 6.38. The van der Waals surface area contributed by atoms with Gasteiger partial charge in [0.25, 0.3) is 0 Å². The van der Waals surface area contributed by atoms with Gasteiger partial charge in [-0.1, -0.05) is 19.1 Å². The smallest absolute Gasteiger partial charge is 0.146 e. The molecule has 0 saturated carbocycles. The molecule has 0 spiro atoms. The molecule has 1 unspecified atom stereocenters. The number of nitrogens with zero attached hydrogens (tertiary/aromatic N) is 1. The molecule has 1 fully saturated rings. The average molecular weight is 280 g/mol. The van der Waals surface area contributed by atoms with Crippen LogP contribution in [0.1, 0.15) is 19.8 Å². The molecule has 0 amide bonds. The lowest BCUT2D eigenvalue weighted by Gasteiger charge is -2.40. The zero-order valence-corrected chi connectivity index (χ0v) is 12.5. The fourth-order valence-electron chi connectivity index (χ4n) is 2.97. The van der Waals surface area contributed by atoms with Crippen LogP contribution in [-0.4, -0.2) is 39.9 Å². The Morgan fingerprint density at radius 3 is 2.85 bits per heavy atom. The Bertz CT molecular complexity index is 419. The number of hydrogen-bond donors (Lipinski definition) is 1. The second-order valence-corrected chi connectivity index (χ2v) is 5.74. The number of rotatable bonds is 6. The highest BCUT2D eigenvalue weighted by Gasteiger charge is 2.34. The van der Waals surface area contributed by atoms with Crippen LogP contribution in [0, 0.1) is 11.2 Å². The maximum Gasteiger partial charge on any atom is 0.146 e. The maximum atomic E-state index is 13.9. The van der Waals surface area contributed by atoms with Gasteiger partial charge in [0.05, 0.1) is 12.3 Å². The van der Waals surface area contributed by atoms with Gasteiger partial charge in [-0.05, 0) is 31.5 Å². The van der Waals surface area contributed by atoms with Crippen molar-refractivity contribution in [1.82, 2.24) is 5.32 Å². The quantitative estimate of drug-likeness (QED) is 0.867. The van der Waals surface area contributed by atoms with Crippen LogP contribution >= 0.6 is 0 Å². The molecule has 1 aromatic carbocycles. The summed E-state index contributed by atoms with van der Waals surface area (Å²) in [4.78, 5) is 2.02. The van der Waals surface area contributed by atoms with Crippen LogP contribution < -0.4 is 10.2 Å². The topological polar surface area (TPSA) is 24.5 Å². The summed E-state index contributed by atoms with van der Waals surface area (Å²) in [7, 11) is 1.96. The van der Waals surface area contributed by atoms with E-state index in [1.807, 2.05) is 24.1 Å². The van der Waals surface area contributed by atoms with Gasteiger partial charge in [0.2, 0.25) is 0 Å². The molecule has 1 N–H and O–H groups in total. The number of halogens is 1. The van der Waals surface area contributed by atoms with E-state index in [2.05, 4.69) is 12.2 Å². The summed E-state index contributed by atoms with van der Waals surface area (Å²) < 4.78 is 19.6. The maximum absolute atomic E-state index is 13.9. The van der Waals surface area contributed by atoms with E-state index in [0.717, 1.165) is 45.7 Å². The molecule has 0 bridgehead atoms. The molecule has 1 aliphatic heterocycles. The van der Waals surface area contributed by atoms with E-state index in [0.29, 0.717) is 5.69 Å². The first-order valence-electron chi connectivity index (χ1n) is 7.41. The third kappa shape index (κ3) is 3.70. The van der Waals surface area contributed by atoms with Gasteiger partial charge in [0.1, 0.15) is 5.82 Å². The van der Waals surface area contributed by atoms with Crippen molar-refractivity contribution in [2.24, 2.45) is 5.41 Å². The van der Waals surface area contributed by atoms with Crippen molar-refractivity contribution in [2.45, 2.75) is 19.8 Å². The van der Waals surface area contributed by atoms with Crippen molar-refractivity contribution in [1.29, 1.82) is 0 Å². The first kappa shape index (κ1) is 15.3. The van der Waals surface area contributed by atoms with E-state index in [1.165, 1.54) is 6.07 Å². The molecular weight excluding hydrogens is 255 g/mol. The highest BCUT2D eigenvalue weighted by Crippen LogP contribution is 2.31. The highest BCUT2D eigenvalue weighted by molar-refractivity contribution is 5.47. The van der Waals surface area contributed by atoms with Crippen molar-refractivity contribution in [3.05, 3.63) is 30.1 Å². The van der Waals surface area contributed by atoms with Gasteiger partial charge in [-0.25, -0.2) is 4.39 Å². The fraction of sp³-hybridized carbons (Fsp3) is 0.625. The van der Waals surface area contributed by atoms with Crippen molar-refractivity contribution in [2.75, 3.05) is 44.8 Å². The summed E-state index contributed by atoms with van der Waals surface area (Å²) in [6.07, 6.45) is 2.20. The second-order valence-electron chi connectivity index (χ2n) is 5.74. The van der Waals surface area contributed by atoms with Gasteiger partial charge < -0.3 is 15.0 Å². The molecule has 1 aliphatic rings. The van der Waals surface area contributed by atoms with Crippen LogP contribution in [0.5, 0.6) is 0 Å². The van der Waals surface area contributed by atoms with E-state index in [9.17, 15) is 4.39 Å². The van der Waals surface area contributed by atoms with Crippen molar-refractivity contribution in [3.63, 3.8) is 0 Å². The lowest BCUT2D eigenvalue weighted by atomic mass is 9.81. The van der Waals surface area contributed by atoms with Crippen molar-refractivity contribution in [3.8, 4) is 0 Å². The van der Waals surface area contributed by atoms with Crippen molar-refractivity contribution >= 4 is 5.69 Å². The third-order valence-electron chi connectivity index (χ3n) is 3.99. The van der Waals surface area contributed by atoms with Crippen LogP contribution in [0.3, 0.4) is 0 Å². The van der Waals surface area contributed by atoms with Crippen LogP contribution in [0.2, 0.25) is 0 Å².